The van der Waals surface area contributed by atoms with Crippen molar-refractivity contribution < 1.29 is 27.2 Å². The number of thiazole rings is 1. The lowest BCUT2D eigenvalue weighted by atomic mass is 9.75. The van der Waals surface area contributed by atoms with Crippen molar-refractivity contribution in [1.29, 1.82) is 5.26 Å². The largest absolute Gasteiger partial charge is 0.417 e. The Balaban J connectivity index is 1.44. The van der Waals surface area contributed by atoms with Gasteiger partial charge in [0.05, 0.1) is 34.1 Å². The summed E-state index contributed by atoms with van der Waals surface area (Å²) in [4.78, 5) is 32.9. The van der Waals surface area contributed by atoms with Crippen molar-refractivity contribution in [1.82, 2.24) is 10.3 Å². The fourth-order valence-corrected chi connectivity index (χ4v) is 5.99. The molecule has 5 rings (SSSR count). The van der Waals surface area contributed by atoms with E-state index in [9.17, 15) is 22.8 Å². The van der Waals surface area contributed by atoms with E-state index in [0.29, 0.717) is 29.8 Å². The van der Waals surface area contributed by atoms with Crippen molar-refractivity contribution in [2.45, 2.75) is 44.4 Å². The Kier molecular flexibility index (Phi) is 6.64. The van der Waals surface area contributed by atoms with Crippen molar-refractivity contribution in [3.05, 3.63) is 75.0 Å². The van der Waals surface area contributed by atoms with Crippen LogP contribution in [0.4, 0.5) is 28.9 Å². The molecule has 39 heavy (non-hydrogen) atoms. The highest BCUT2D eigenvalue weighted by molar-refractivity contribution is 7.81. The summed E-state index contributed by atoms with van der Waals surface area (Å²) in [5.41, 5.74) is -0.433. The lowest BCUT2D eigenvalue weighted by Crippen LogP contribution is -2.55. The van der Waals surface area contributed by atoms with Crippen molar-refractivity contribution >= 4 is 51.9 Å². The van der Waals surface area contributed by atoms with Crippen LogP contribution < -0.4 is 15.1 Å². The lowest BCUT2D eigenvalue weighted by Gasteiger charge is -2.43. The molecule has 3 aromatic rings. The molecule has 0 radical (unpaired) electrons. The van der Waals surface area contributed by atoms with Crippen LogP contribution in [0.3, 0.4) is 0 Å². The quantitative estimate of drug-likeness (QED) is 0.322. The molecule has 1 aliphatic carbocycles. The second-order valence-electron chi connectivity index (χ2n) is 9.21. The molecule has 0 bridgehead atoms. The number of nitrogens with zero attached hydrogens (tertiary/aromatic N) is 4. The highest BCUT2D eigenvalue weighted by atomic mass is 32.1. The number of carbonyl (C=O) groups is 2. The van der Waals surface area contributed by atoms with Crippen LogP contribution in [-0.2, 0) is 17.5 Å². The summed E-state index contributed by atoms with van der Waals surface area (Å²) in [5, 5.41) is 11.7. The molecule has 1 saturated heterocycles. The fourth-order valence-electron chi connectivity index (χ4n) is 4.81. The Morgan fingerprint density at radius 3 is 2.51 bits per heavy atom. The average Bonchev–Trinajstić information content (AvgIpc) is 3.40. The number of amides is 2. The van der Waals surface area contributed by atoms with Gasteiger partial charge in [0, 0.05) is 17.8 Å². The monoisotopic (exact) mass is 573 g/mol. The number of halogens is 4. The number of anilines is 2. The zero-order valence-corrected chi connectivity index (χ0v) is 21.9. The maximum absolute atomic E-state index is 15.2. The van der Waals surface area contributed by atoms with Gasteiger partial charge in [-0.05, 0) is 68.7 Å². The molecule has 1 aromatic heterocycles. The molecule has 13 heteroatoms. The molecule has 0 atom stereocenters. The molecule has 1 N–H and O–H groups in total. The summed E-state index contributed by atoms with van der Waals surface area (Å²) in [5.74, 6) is -1.53. The number of carbonyl (C=O) groups excluding carboxylic acids is 2. The lowest BCUT2D eigenvalue weighted by molar-refractivity contribution is -0.137. The van der Waals surface area contributed by atoms with Gasteiger partial charge in [0.25, 0.3) is 11.8 Å². The summed E-state index contributed by atoms with van der Waals surface area (Å²) >= 11 is 6.75. The Morgan fingerprint density at radius 1 is 1.23 bits per heavy atom. The van der Waals surface area contributed by atoms with E-state index in [0.717, 1.165) is 17.0 Å². The summed E-state index contributed by atoms with van der Waals surface area (Å²) in [7, 11) is 0. The van der Waals surface area contributed by atoms with Gasteiger partial charge in [0.15, 0.2) is 5.11 Å². The second kappa shape index (κ2) is 9.69. The molecular weight excluding hydrogens is 554 g/mol. The van der Waals surface area contributed by atoms with Crippen LogP contribution in [0.15, 0.2) is 41.9 Å². The van der Waals surface area contributed by atoms with Crippen LogP contribution in [0.1, 0.15) is 51.3 Å². The number of aryl methyl sites for hydroxylation is 1. The van der Waals surface area contributed by atoms with E-state index in [-0.39, 0.29) is 34.5 Å². The van der Waals surface area contributed by atoms with Gasteiger partial charge in [-0.3, -0.25) is 14.5 Å². The normalized spacial score (nSPS) is 16.4. The maximum Gasteiger partial charge on any atom is 0.417 e. The standard InChI is InChI=1S/C26H19F4N5O2S2/c1-14-21(39-13-33-14)22(36)32-12-16-4-6-18(10-20(16)27)35-24(38)34(23(37)25(35)7-2-8-25)17-5-3-15(11-31)19(9-17)26(28,29)30/h3-6,9-10,13H,2,7-8,12H2,1H3,(H,32,36). The fraction of sp³-hybridized carbons (Fsp3) is 0.269. The third kappa shape index (κ3) is 4.43. The number of aromatic nitrogens is 1. The molecule has 1 aliphatic heterocycles. The van der Waals surface area contributed by atoms with Gasteiger partial charge < -0.3 is 10.2 Å². The van der Waals surface area contributed by atoms with Crippen LogP contribution in [0.5, 0.6) is 0 Å². The topological polar surface area (TPSA) is 89.3 Å². The summed E-state index contributed by atoms with van der Waals surface area (Å²) in [6.45, 7) is 1.61. The van der Waals surface area contributed by atoms with Crippen LogP contribution in [0.25, 0.3) is 0 Å². The van der Waals surface area contributed by atoms with Gasteiger partial charge >= 0.3 is 6.18 Å². The highest BCUT2D eigenvalue weighted by Gasteiger charge is 2.59. The van der Waals surface area contributed by atoms with Gasteiger partial charge in [0.1, 0.15) is 16.2 Å². The number of hydrogen-bond donors (Lipinski definition) is 1. The van der Waals surface area contributed by atoms with Crippen molar-refractivity contribution in [2.75, 3.05) is 9.80 Å². The first kappa shape index (κ1) is 26.7. The molecule has 2 aliphatic rings. The number of alkyl halides is 3. The first-order chi connectivity index (χ1) is 18.5. The van der Waals surface area contributed by atoms with E-state index in [1.54, 1.807) is 18.5 Å². The van der Waals surface area contributed by atoms with E-state index < -0.39 is 34.6 Å². The second-order valence-corrected chi connectivity index (χ2v) is 10.4. The van der Waals surface area contributed by atoms with E-state index in [1.807, 2.05) is 0 Å². The Hall–Kier alpha value is -3.89. The summed E-state index contributed by atoms with van der Waals surface area (Å²) in [6, 6.07) is 8.72. The van der Waals surface area contributed by atoms with E-state index in [4.69, 9.17) is 17.5 Å². The molecule has 7 nitrogen and oxygen atoms in total. The van der Waals surface area contributed by atoms with Gasteiger partial charge in [-0.15, -0.1) is 11.3 Å². The van der Waals surface area contributed by atoms with Gasteiger partial charge in [-0.25, -0.2) is 9.37 Å². The average molecular weight is 574 g/mol. The van der Waals surface area contributed by atoms with Crippen molar-refractivity contribution in [3.63, 3.8) is 0 Å². The third-order valence-electron chi connectivity index (χ3n) is 6.97. The SMILES string of the molecule is Cc1ncsc1C(=O)NCc1ccc(N2C(=S)N(c3ccc(C#N)c(C(F)(F)F)c3)C(=O)C23CCC3)cc1F. The molecule has 200 valence electrons. The predicted octanol–water partition coefficient (Wildman–Crippen LogP) is 5.47. The zero-order chi connectivity index (χ0) is 28.1. The number of hydrogen-bond acceptors (Lipinski definition) is 6. The molecule has 2 fully saturated rings. The molecule has 1 spiro atoms. The number of thiocarbonyl (C=S) groups is 1. The zero-order valence-electron chi connectivity index (χ0n) is 20.3. The smallest absolute Gasteiger partial charge is 0.347 e. The number of rotatable bonds is 5. The molecular formula is C26H19F4N5O2S2. The van der Waals surface area contributed by atoms with Gasteiger partial charge in [-0.1, -0.05) is 6.07 Å². The Morgan fingerprint density at radius 2 is 1.95 bits per heavy atom. The minimum absolute atomic E-state index is 0.0846. The molecule has 2 heterocycles. The minimum Gasteiger partial charge on any atom is -0.347 e. The predicted molar refractivity (Wildman–Crippen MR) is 140 cm³/mol. The van der Waals surface area contributed by atoms with Gasteiger partial charge in [0.2, 0.25) is 0 Å². The highest BCUT2D eigenvalue weighted by Crippen LogP contribution is 2.48. The maximum atomic E-state index is 15.2. The third-order valence-corrected chi connectivity index (χ3v) is 8.26. The molecule has 1 saturated carbocycles. The van der Waals surface area contributed by atoms with Crippen LogP contribution in [0, 0.1) is 24.1 Å². The minimum atomic E-state index is -4.81. The van der Waals surface area contributed by atoms with E-state index in [2.05, 4.69) is 10.3 Å². The van der Waals surface area contributed by atoms with Gasteiger partial charge in [-0.2, -0.15) is 18.4 Å². The first-order valence-corrected chi connectivity index (χ1v) is 13.0. The number of nitriles is 1. The Labute approximate surface area is 229 Å². The van der Waals surface area contributed by atoms with Crippen molar-refractivity contribution in [3.8, 4) is 6.07 Å². The molecule has 2 aromatic carbocycles. The Bertz CT molecular complexity index is 1560. The van der Waals surface area contributed by atoms with E-state index >= 15 is 4.39 Å². The summed E-state index contributed by atoms with van der Waals surface area (Å²) < 4.78 is 56.0. The van der Waals surface area contributed by atoms with Crippen LogP contribution in [0.2, 0.25) is 0 Å². The van der Waals surface area contributed by atoms with E-state index in [1.165, 1.54) is 40.5 Å². The van der Waals surface area contributed by atoms with Crippen LogP contribution >= 0.6 is 23.6 Å². The number of benzene rings is 2. The van der Waals surface area contributed by atoms with Crippen LogP contribution in [-0.4, -0.2) is 27.4 Å². The van der Waals surface area contributed by atoms with Crippen molar-refractivity contribution in [2.24, 2.45) is 0 Å². The summed E-state index contributed by atoms with van der Waals surface area (Å²) in [6.07, 6.45) is -3.35. The molecule has 0 unspecified atom stereocenters. The first-order valence-electron chi connectivity index (χ1n) is 11.7. The molecule has 2 amide bonds. The number of nitrogens with one attached hydrogen (secondary N) is 1.